The van der Waals surface area contributed by atoms with Gasteiger partial charge in [0.25, 0.3) is 0 Å². The molecule has 0 aliphatic carbocycles. The third-order valence-electron chi connectivity index (χ3n) is 3.68. The Kier molecular flexibility index (Phi) is 3.16. The number of benzene rings is 1. The van der Waals surface area contributed by atoms with Gasteiger partial charge in [0.2, 0.25) is 0 Å². The third kappa shape index (κ3) is 2.19. The number of piperidine rings is 1. The van der Waals surface area contributed by atoms with Gasteiger partial charge < -0.3 is 10.0 Å². The van der Waals surface area contributed by atoms with Crippen LogP contribution in [0.4, 0.5) is 4.79 Å². The maximum absolute atomic E-state index is 12.4. The number of nitrogens with zero attached hydrogens (tertiary/aromatic N) is 4. The first kappa shape index (κ1) is 12.1. The number of aromatic nitrogens is 3. The van der Waals surface area contributed by atoms with Gasteiger partial charge in [0.05, 0.1) is 5.52 Å². The lowest BCUT2D eigenvalue weighted by molar-refractivity contribution is 0.137. The Bertz CT molecular complexity index is 587. The van der Waals surface area contributed by atoms with Crippen LogP contribution in [0, 0.1) is 5.92 Å². The molecule has 6 heteroatoms. The number of carbonyl (C=O) groups excluding carboxylic acids is 1. The minimum absolute atomic E-state index is 0.134. The van der Waals surface area contributed by atoms with Crippen molar-refractivity contribution in [3.05, 3.63) is 24.3 Å². The molecule has 100 valence electrons. The fourth-order valence-electron chi connectivity index (χ4n) is 2.45. The van der Waals surface area contributed by atoms with Gasteiger partial charge in [0.15, 0.2) is 0 Å². The SMILES string of the molecule is O=C(N1CCC(CO)CC1)n1nnc2ccccc21. The second kappa shape index (κ2) is 4.97. The summed E-state index contributed by atoms with van der Waals surface area (Å²) in [5.41, 5.74) is 1.46. The zero-order valence-electron chi connectivity index (χ0n) is 10.6. The van der Waals surface area contributed by atoms with Crippen molar-refractivity contribution in [1.82, 2.24) is 19.9 Å². The Hall–Kier alpha value is -1.95. The zero-order valence-corrected chi connectivity index (χ0v) is 10.6. The molecule has 6 nitrogen and oxygen atoms in total. The molecular formula is C13H16N4O2. The smallest absolute Gasteiger partial charge is 0.346 e. The molecule has 3 rings (SSSR count). The van der Waals surface area contributed by atoms with Crippen molar-refractivity contribution in [2.24, 2.45) is 5.92 Å². The summed E-state index contributed by atoms with van der Waals surface area (Å²) in [6.45, 7) is 1.53. The molecule has 0 unspecified atom stereocenters. The molecular weight excluding hydrogens is 244 g/mol. The second-order valence-corrected chi connectivity index (χ2v) is 4.89. The van der Waals surface area contributed by atoms with Crippen LogP contribution in [0.15, 0.2) is 24.3 Å². The Morgan fingerprint density at radius 1 is 1.32 bits per heavy atom. The summed E-state index contributed by atoms with van der Waals surface area (Å²) in [5.74, 6) is 0.316. The fraction of sp³-hybridized carbons (Fsp3) is 0.462. The van der Waals surface area contributed by atoms with Crippen molar-refractivity contribution >= 4 is 17.1 Å². The number of aliphatic hydroxyl groups excluding tert-OH is 1. The first-order chi connectivity index (χ1) is 9.29. The maximum atomic E-state index is 12.4. The molecule has 0 atom stereocenters. The number of aliphatic hydroxyl groups is 1. The summed E-state index contributed by atoms with van der Waals surface area (Å²) in [7, 11) is 0. The number of para-hydroxylation sites is 1. The molecule has 1 N–H and O–H groups in total. The molecule has 1 fully saturated rings. The fourth-order valence-corrected chi connectivity index (χ4v) is 2.45. The van der Waals surface area contributed by atoms with Crippen LogP contribution in [0.3, 0.4) is 0 Å². The van der Waals surface area contributed by atoms with Crippen LogP contribution in [0.2, 0.25) is 0 Å². The van der Waals surface area contributed by atoms with E-state index in [9.17, 15) is 4.79 Å². The van der Waals surface area contributed by atoms with E-state index in [2.05, 4.69) is 10.3 Å². The average molecular weight is 260 g/mol. The summed E-state index contributed by atoms with van der Waals surface area (Å²) in [6, 6.07) is 7.29. The number of carbonyl (C=O) groups is 1. The van der Waals surface area contributed by atoms with Gasteiger partial charge in [-0.1, -0.05) is 17.3 Å². The number of amides is 1. The van der Waals surface area contributed by atoms with E-state index in [-0.39, 0.29) is 12.6 Å². The second-order valence-electron chi connectivity index (χ2n) is 4.89. The summed E-state index contributed by atoms with van der Waals surface area (Å²) < 4.78 is 1.36. The van der Waals surface area contributed by atoms with E-state index >= 15 is 0 Å². The highest BCUT2D eigenvalue weighted by molar-refractivity contribution is 5.87. The van der Waals surface area contributed by atoms with E-state index in [1.807, 2.05) is 24.3 Å². The Labute approximate surface area is 110 Å². The van der Waals surface area contributed by atoms with E-state index in [0.29, 0.717) is 19.0 Å². The van der Waals surface area contributed by atoms with Crippen molar-refractivity contribution in [1.29, 1.82) is 0 Å². The molecule has 0 saturated carbocycles. The molecule has 2 aromatic rings. The number of fused-ring (bicyclic) bond motifs is 1. The molecule has 0 radical (unpaired) electrons. The summed E-state index contributed by atoms with van der Waals surface area (Å²) in [4.78, 5) is 14.2. The lowest BCUT2D eigenvalue weighted by Crippen LogP contribution is -2.41. The van der Waals surface area contributed by atoms with Gasteiger partial charge in [0.1, 0.15) is 5.52 Å². The highest BCUT2D eigenvalue weighted by Crippen LogP contribution is 2.18. The number of hydrogen-bond acceptors (Lipinski definition) is 4. The van der Waals surface area contributed by atoms with Crippen molar-refractivity contribution in [2.45, 2.75) is 12.8 Å². The van der Waals surface area contributed by atoms with Gasteiger partial charge in [-0.25, -0.2) is 4.79 Å². The van der Waals surface area contributed by atoms with Gasteiger partial charge in [-0.2, -0.15) is 4.68 Å². The highest BCUT2D eigenvalue weighted by Gasteiger charge is 2.24. The highest BCUT2D eigenvalue weighted by atomic mass is 16.3. The number of rotatable bonds is 1. The van der Waals surface area contributed by atoms with Gasteiger partial charge in [-0.15, -0.1) is 5.10 Å². The van der Waals surface area contributed by atoms with Gasteiger partial charge >= 0.3 is 6.03 Å². The normalized spacial score (nSPS) is 17.0. The molecule has 1 aliphatic heterocycles. The molecule has 0 spiro atoms. The molecule has 1 amide bonds. The molecule has 19 heavy (non-hydrogen) atoms. The van der Waals surface area contributed by atoms with Crippen molar-refractivity contribution in [3.63, 3.8) is 0 Å². The Morgan fingerprint density at radius 3 is 2.79 bits per heavy atom. The number of likely N-dealkylation sites (tertiary alicyclic amines) is 1. The first-order valence-corrected chi connectivity index (χ1v) is 6.50. The molecule has 1 saturated heterocycles. The summed E-state index contributed by atoms with van der Waals surface area (Å²) in [6.07, 6.45) is 1.68. The largest absolute Gasteiger partial charge is 0.396 e. The van der Waals surface area contributed by atoms with Crippen LogP contribution in [-0.2, 0) is 0 Å². The predicted octanol–water partition coefficient (Wildman–Crippen LogP) is 1.10. The summed E-state index contributed by atoms with van der Waals surface area (Å²) in [5, 5.41) is 17.0. The van der Waals surface area contributed by atoms with Crippen molar-refractivity contribution in [2.75, 3.05) is 19.7 Å². The lowest BCUT2D eigenvalue weighted by atomic mass is 9.98. The zero-order chi connectivity index (χ0) is 13.2. The lowest BCUT2D eigenvalue weighted by Gasteiger charge is -2.30. The predicted molar refractivity (Wildman–Crippen MR) is 69.7 cm³/mol. The quantitative estimate of drug-likeness (QED) is 0.833. The van der Waals surface area contributed by atoms with Crippen LogP contribution >= 0.6 is 0 Å². The molecule has 2 heterocycles. The maximum Gasteiger partial charge on any atom is 0.346 e. The van der Waals surface area contributed by atoms with E-state index < -0.39 is 0 Å². The van der Waals surface area contributed by atoms with Crippen LogP contribution in [0.5, 0.6) is 0 Å². The molecule has 1 aromatic carbocycles. The van der Waals surface area contributed by atoms with Gasteiger partial charge in [0, 0.05) is 19.7 Å². The van der Waals surface area contributed by atoms with Crippen molar-refractivity contribution < 1.29 is 9.90 Å². The number of hydrogen-bond donors (Lipinski definition) is 1. The molecule has 0 bridgehead atoms. The van der Waals surface area contributed by atoms with E-state index in [4.69, 9.17) is 5.11 Å². The van der Waals surface area contributed by atoms with E-state index in [1.165, 1.54) is 4.68 Å². The average Bonchev–Trinajstić information content (AvgIpc) is 2.90. The Morgan fingerprint density at radius 2 is 2.05 bits per heavy atom. The first-order valence-electron chi connectivity index (χ1n) is 6.50. The van der Waals surface area contributed by atoms with Crippen LogP contribution in [0.1, 0.15) is 12.8 Å². The van der Waals surface area contributed by atoms with E-state index in [1.54, 1.807) is 4.90 Å². The minimum Gasteiger partial charge on any atom is -0.396 e. The Balaban J connectivity index is 1.81. The minimum atomic E-state index is -0.134. The third-order valence-corrected chi connectivity index (χ3v) is 3.68. The van der Waals surface area contributed by atoms with E-state index in [0.717, 1.165) is 23.9 Å². The van der Waals surface area contributed by atoms with Crippen LogP contribution in [0.25, 0.3) is 11.0 Å². The summed E-state index contributed by atoms with van der Waals surface area (Å²) >= 11 is 0. The molecule has 1 aliphatic rings. The van der Waals surface area contributed by atoms with Crippen molar-refractivity contribution in [3.8, 4) is 0 Å². The topological polar surface area (TPSA) is 71.2 Å². The standard InChI is InChI=1S/C13H16N4O2/c18-9-10-5-7-16(8-6-10)13(19)17-12-4-2-1-3-11(12)14-15-17/h1-4,10,18H,5-9H2. The van der Waals surface area contributed by atoms with Gasteiger partial charge in [-0.3, -0.25) is 0 Å². The van der Waals surface area contributed by atoms with Gasteiger partial charge in [-0.05, 0) is 30.9 Å². The van der Waals surface area contributed by atoms with Crippen LogP contribution < -0.4 is 0 Å². The molecule has 1 aromatic heterocycles. The van der Waals surface area contributed by atoms with Crippen LogP contribution in [-0.4, -0.2) is 50.7 Å². The monoisotopic (exact) mass is 260 g/mol.